The van der Waals surface area contributed by atoms with E-state index >= 15 is 0 Å². The molecule has 0 fully saturated rings. The second kappa shape index (κ2) is 4.87. The Kier molecular flexibility index (Phi) is 4.88. The van der Waals surface area contributed by atoms with Crippen molar-refractivity contribution in [2.45, 2.75) is 13.8 Å². The van der Waals surface area contributed by atoms with Gasteiger partial charge >= 0.3 is 0 Å². The molecule has 1 atom stereocenters. The van der Waals surface area contributed by atoms with Crippen LogP contribution >= 0.6 is 0 Å². The van der Waals surface area contributed by atoms with Crippen molar-refractivity contribution < 1.29 is 8.76 Å². The molecule has 0 rings (SSSR count). The Morgan fingerprint density at radius 3 is 2.56 bits per heavy atom. The molecule has 56 valence electrons. The SMILES string of the molecule is CC(C)CNNS(=O)O. The highest BCUT2D eigenvalue weighted by molar-refractivity contribution is 7.77. The zero-order valence-corrected chi connectivity index (χ0v) is 6.36. The van der Waals surface area contributed by atoms with Gasteiger partial charge in [0.2, 0.25) is 11.3 Å². The lowest BCUT2D eigenvalue weighted by Gasteiger charge is -2.04. The van der Waals surface area contributed by atoms with Crippen molar-refractivity contribution in [3.8, 4) is 0 Å². The fraction of sp³-hybridized carbons (Fsp3) is 1.00. The average molecular weight is 152 g/mol. The van der Waals surface area contributed by atoms with Gasteiger partial charge in [-0.25, -0.2) is 9.63 Å². The first-order chi connectivity index (χ1) is 4.13. The highest BCUT2D eigenvalue weighted by atomic mass is 32.2. The van der Waals surface area contributed by atoms with Crippen LogP contribution in [0.4, 0.5) is 0 Å². The Labute approximate surface area is 57.4 Å². The molecule has 0 aliphatic rings. The van der Waals surface area contributed by atoms with E-state index in [9.17, 15) is 4.21 Å². The van der Waals surface area contributed by atoms with Crippen LogP contribution in [0.1, 0.15) is 13.8 Å². The van der Waals surface area contributed by atoms with E-state index in [0.29, 0.717) is 12.5 Å². The average Bonchev–Trinajstić information content (AvgIpc) is 1.63. The molecule has 3 N–H and O–H groups in total. The first kappa shape index (κ1) is 9.03. The molecular weight excluding hydrogens is 140 g/mol. The second-order valence-electron chi connectivity index (χ2n) is 2.13. The molecule has 0 heterocycles. The van der Waals surface area contributed by atoms with E-state index in [4.69, 9.17) is 4.55 Å². The maximum atomic E-state index is 9.92. The first-order valence-corrected chi connectivity index (χ1v) is 3.83. The van der Waals surface area contributed by atoms with Gasteiger partial charge in [-0.3, -0.25) is 4.55 Å². The molecule has 0 aromatic carbocycles. The minimum atomic E-state index is -1.94. The van der Waals surface area contributed by atoms with E-state index in [-0.39, 0.29) is 0 Å². The van der Waals surface area contributed by atoms with Crippen LogP contribution in [0.2, 0.25) is 0 Å². The lowest BCUT2D eigenvalue weighted by atomic mass is 10.2. The fourth-order valence-electron chi connectivity index (χ4n) is 0.308. The van der Waals surface area contributed by atoms with E-state index in [1.165, 1.54) is 0 Å². The van der Waals surface area contributed by atoms with Crippen molar-refractivity contribution in [2.75, 3.05) is 6.54 Å². The third-order valence-corrected chi connectivity index (χ3v) is 0.989. The summed E-state index contributed by atoms with van der Waals surface area (Å²) in [4.78, 5) is 2.15. The standard InChI is InChI=1S/C4H12N2O2S/c1-4(2)3-5-6-9(7)8/h4-6H,3H2,1-2H3,(H,7,8). The molecule has 0 bridgehead atoms. The predicted molar refractivity (Wildman–Crippen MR) is 36.7 cm³/mol. The molecule has 0 amide bonds. The van der Waals surface area contributed by atoms with Crippen molar-refractivity contribution in [1.29, 1.82) is 0 Å². The molecule has 0 saturated heterocycles. The maximum Gasteiger partial charge on any atom is 0.245 e. The summed E-state index contributed by atoms with van der Waals surface area (Å²) in [5, 5.41) is 0. The first-order valence-electron chi connectivity index (χ1n) is 2.72. The number of rotatable bonds is 4. The van der Waals surface area contributed by atoms with Crippen LogP contribution in [-0.4, -0.2) is 15.3 Å². The number of hydrogen-bond acceptors (Lipinski definition) is 2. The molecule has 0 aliphatic heterocycles. The Morgan fingerprint density at radius 2 is 2.22 bits per heavy atom. The third kappa shape index (κ3) is 8.03. The van der Waals surface area contributed by atoms with Gasteiger partial charge in [-0.15, -0.1) is 0 Å². The van der Waals surface area contributed by atoms with Crippen molar-refractivity contribution in [3.63, 3.8) is 0 Å². The maximum absolute atomic E-state index is 9.92. The molecule has 0 radical (unpaired) electrons. The van der Waals surface area contributed by atoms with E-state index in [0.717, 1.165) is 0 Å². The van der Waals surface area contributed by atoms with Gasteiger partial charge in [0.25, 0.3) is 0 Å². The van der Waals surface area contributed by atoms with Crippen molar-refractivity contribution in [2.24, 2.45) is 5.92 Å². The summed E-state index contributed by atoms with van der Waals surface area (Å²) in [5.41, 5.74) is 2.58. The van der Waals surface area contributed by atoms with Crippen LogP contribution in [-0.2, 0) is 11.3 Å². The highest BCUT2D eigenvalue weighted by Gasteiger charge is 1.92. The third-order valence-electron chi connectivity index (χ3n) is 0.670. The van der Waals surface area contributed by atoms with Crippen LogP contribution in [0.5, 0.6) is 0 Å². The molecule has 0 aromatic rings. The Morgan fingerprint density at radius 1 is 1.67 bits per heavy atom. The van der Waals surface area contributed by atoms with Gasteiger partial charge < -0.3 is 0 Å². The zero-order chi connectivity index (χ0) is 7.28. The van der Waals surface area contributed by atoms with Crippen LogP contribution in [0.15, 0.2) is 0 Å². The van der Waals surface area contributed by atoms with Crippen molar-refractivity contribution in [3.05, 3.63) is 0 Å². The molecule has 9 heavy (non-hydrogen) atoms. The molecule has 0 saturated carbocycles. The van der Waals surface area contributed by atoms with E-state index in [2.05, 4.69) is 10.3 Å². The smallest absolute Gasteiger partial charge is 0.245 e. The predicted octanol–water partition coefficient (Wildman–Crippen LogP) is -0.127. The summed E-state index contributed by atoms with van der Waals surface area (Å²) in [7, 11) is 0. The summed E-state index contributed by atoms with van der Waals surface area (Å²) in [6.45, 7) is 4.70. The minimum Gasteiger partial charge on any atom is -0.293 e. The van der Waals surface area contributed by atoms with Crippen molar-refractivity contribution >= 4 is 11.3 Å². The molecule has 0 aliphatic carbocycles. The summed E-state index contributed by atoms with van der Waals surface area (Å²) in [6, 6.07) is 0. The van der Waals surface area contributed by atoms with Gasteiger partial charge in [0.15, 0.2) is 0 Å². The van der Waals surface area contributed by atoms with Gasteiger partial charge in [0, 0.05) is 6.54 Å². The monoisotopic (exact) mass is 152 g/mol. The lowest BCUT2D eigenvalue weighted by molar-refractivity contribution is 0.497. The summed E-state index contributed by atoms with van der Waals surface area (Å²) < 4.78 is 18.1. The van der Waals surface area contributed by atoms with Crippen LogP contribution in [0, 0.1) is 5.92 Å². The van der Waals surface area contributed by atoms with Gasteiger partial charge in [0.05, 0.1) is 0 Å². The summed E-state index contributed by atoms with van der Waals surface area (Å²) in [6.07, 6.45) is 0. The summed E-state index contributed by atoms with van der Waals surface area (Å²) >= 11 is -1.94. The van der Waals surface area contributed by atoms with E-state index in [1.807, 2.05) is 13.8 Å². The topological polar surface area (TPSA) is 61.4 Å². The molecular formula is C4H12N2O2S. The number of nitrogens with one attached hydrogen (secondary N) is 2. The van der Waals surface area contributed by atoms with E-state index < -0.39 is 11.3 Å². The van der Waals surface area contributed by atoms with Crippen LogP contribution in [0.25, 0.3) is 0 Å². The molecule has 0 spiro atoms. The van der Waals surface area contributed by atoms with Gasteiger partial charge in [-0.1, -0.05) is 13.8 Å². The quantitative estimate of drug-likeness (QED) is 0.388. The normalized spacial score (nSPS) is 14.2. The summed E-state index contributed by atoms with van der Waals surface area (Å²) in [5.74, 6) is 0.473. The Balaban J connectivity index is 3.01. The van der Waals surface area contributed by atoms with Gasteiger partial charge in [0.1, 0.15) is 0 Å². The van der Waals surface area contributed by atoms with Crippen molar-refractivity contribution in [1.82, 2.24) is 10.3 Å². The van der Waals surface area contributed by atoms with Crippen LogP contribution < -0.4 is 10.3 Å². The lowest BCUT2D eigenvalue weighted by Crippen LogP contribution is -2.35. The number of hydrazine groups is 1. The second-order valence-corrected chi connectivity index (χ2v) is 2.83. The van der Waals surface area contributed by atoms with Gasteiger partial charge in [-0.2, -0.15) is 4.83 Å². The Hall–Kier alpha value is 0.0300. The largest absolute Gasteiger partial charge is 0.293 e. The highest BCUT2D eigenvalue weighted by Crippen LogP contribution is 1.84. The van der Waals surface area contributed by atoms with Gasteiger partial charge in [-0.05, 0) is 5.92 Å². The van der Waals surface area contributed by atoms with Crippen LogP contribution in [0.3, 0.4) is 0 Å². The minimum absolute atomic E-state index is 0.473. The molecule has 0 aromatic heterocycles. The molecule has 4 nitrogen and oxygen atoms in total. The number of hydrogen-bond donors (Lipinski definition) is 3. The fourth-order valence-corrected chi connectivity index (χ4v) is 0.514. The molecule has 5 heteroatoms. The van der Waals surface area contributed by atoms with E-state index in [1.54, 1.807) is 0 Å². The Bertz CT molecular complexity index is 96.6. The zero-order valence-electron chi connectivity index (χ0n) is 5.55. The molecule has 1 unspecified atom stereocenters.